The number of pyridine rings is 1. The summed E-state index contributed by atoms with van der Waals surface area (Å²) in [6.45, 7) is 6.14. The molecular formula is C31H39N3O4. The Morgan fingerprint density at radius 1 is 0.921 bits per heavy atom. The Hall–Kier alpha value is -3.61. The van der Waals surface area contributed by atoms with Crippen LogP contribution in [0.15, 0.2) is 53.5 Å². The van der Waals surface area contributed by atoms with Crippen LogP contribution in [0.5, 0.6) is 0 Å². The van der Waals surface area contributed by atoms with Crippen molar-refractivity contribution in [1.82, 2.24) is 4.98 Å². The highest BCUT2D eigenvalue weighted by Gasteiger charge is 2.25. The van der Waals surface area contributed by atoms with Gasteiger partial charge in [0.25, 0.3) is 5.91 Å². The van der Waals surface area contributed by atoms with E-state index in [1.54, 1.807) is 23.1 Å². The second-order valence-corrected chi connectivity index (χ2v) is 11.1. The van der Waals surface area contributed by atoms with Crippen LogP contribution in [0.1, 0.15) is 88.1 Å². The molecule has 1 aromatic heterocycles. The van der Waals surface area contributed by atoms with E-state index in [1.165, 1.54) is 25.5 Å². The van der Waals surface area contributed by atoms with Gasteiger partial charge in [-0.1, -0.05) is 56.7 Å². The highest BCUT2D eigenvalue weighted by atomic mass is 16.6. The van der Waals surface area contributed by atoms with Gasteiger partial charge in [0, 0.05) is 29.3 Å². The van der Waals surface area contributed by atoms with Gasteiger partial charge in [0.2, 0.25) is 5.43 Å². The van der Waals surface area contributed by atoms with E-state index in [2.05, 4.69) is 10.3 Å². The number of ether oxygens (including phenoxy) is 1. The molecule has 0 bridgehead atoms. The number of para-hydroxylation sites is 1. The first-order valence-electron chi connectivity index (χ1n) is 13.8. The highest BCUT2D eigenvalue weighted by molar-refractivity contribution is 6.06. The molecule has 0 saturated heterocycles. The monoisotopic (exact) mass is 517 g/mol. The number of anilines is 2. The van der Waals surface area contributed by atoms with Crippen molar-refractivity contribution in [3.8, 4) is 0 Å². The van der Waals surface area contributed by atoms with Gasteiger partial charge in [0.1, 0.15) is 11.2 Å². The zero-order chi connectivity index (χ0) is 27.1. The number of amides is 2. The summed E-state index contributed by atoms with van der Waals surface area (Å²) >= 11 is 0. The maximum atomic E-state index is 13.4. The quantitative estimate of drug-likeness (QED) is 0.376. The normalized spacial score (nSPS) is 15.5. The van der Waals surface area contributed by atoms with E-state index in [0.717, 1.165) is 49.8 Å². The molecule has 1 aliphatic heterocycles. The van der Waals surface area contributed by atoms with Crippen LogP contribution in [-0.2, 0) is 11.2 Å². The fourth-order valence-electron chi connectivity index (χ4n) is 4.91. The van der Waals surface area contributed by atoms with Gasteiger partial charge in [-0.25, -0.2) is 4.79 Å². The molecule has 4 rings (SSSR count). The topological polar surface area (TPSA) is 91.5 Å². The average molecular weight is 518 g/mol. The Bertz CT molecular complexity index is 1340. The Morgan fingerprint density at radius 3 is 2.34 bits per heavy atom. The number of carbonyl (C=O) groups is 2. The summed E-state index contributed by atoms with van der Waals surface area (Å²) in [6.07, 6.45) is 10.9. The molecule has 7 nitrogen and oxygen atoms in total. The molecule has 202 valence electrons. The number of benzene rings is 2. The van der Waals surface area contributed by atoms with Crippen molar-refractivity contribution in [3.63, 3.8) is 0 Å². The van der Waals surface area contributed by atoms with Gasteiger partial charge in [0.15, 0.2) is 0 Å². The van der Waals surface area contributed by atoms with Crippen molar-refractivity contribution in [2.75, 3.05) is 16.8 Å². The van der Waals surface area contributed by atoms with Crippen LogP contribution in [-0.4, -0.2) is 29.1 Å². The number of H-pyrrole nitrogens is 1. The van der Waals surface area contributed by atoms with Crippen LogP contribution in [0, 0.1) is 0 Å². The van der Waals surface area contributed by atoms with Gasteiger partial charge in [0.05, 0.1) is 5.69 Å². The molecule has 2 heterocycles. The molecule has 2 aromatic carbocycles. The molecule has 3 aromatic rings. The number of carbonyl (C=O) groups excluding carboxylic acids is 2. The molecule has 1 aliphatic rings. The number of rotatable bonds is 2. The first kappa shape index (κ1) is 27.4. The summed E-state index contributed by atoms with van der Waals surface area (Å²) in [4.78, 5) is 44.2. The van der Waals surface area contributed by atoms with E-state index in [1.807, 2.05) is 45.0 Å². The summed E-state index contributed by atoms with van der Waals surface area (Å²) in [6, 6.07) is 12.8. The third-order valence-electron chi connectivity index (χ3n) is 6.86. The molecule has 0 spiro atoms. The van der Waals surface area contributed by atoms with E-state index in [-0.39, 0.29) is 17.1 Å². The van der Waals surface area contributed by atoms with Gasteiger partial charge >= 0.3 is 6.09 Å². The predicted molar refractivity (Wildman–Crippen MR) is 153 cm³/mol. The van der Waals surface area contributed by atoms with E-state index >= 15 is 0 Å². The molecule has 0 fully saturated rings. The summed E-state index contributed by atoms with van der Waals surface area (Å²) < 4.78 is 5.78. The zero-order valence-electron chi connectivity index (χ0n) is 22.8. The van der Waals surface area contributed by atoms with Crippen LogP contribution < -0.4 is 15.6 Å². The summed E-state index contributed by atoms with van der Waals surface area (Å²) in [5, 5.41) is 3.34. The van der Waals surface area contributed by atoms with Crippen molar-refractivity contribution in [2.24, 2.45) is 0 Å². The van der Waals surface area contributed by atoms with Crippen LogP contribution >= 0.6 is 0 Å². The smallest absolute Gasteiger partial charge is 0.414 e. The third-order valence-corrected chi connectivity index (χ3v) is 6.86. The van der Waals surface area contributed by atoms with Gasteiger partial charge in [-0.05, 0) is 69.9 Å². The van der Waals surface area contributed by atoms with Gasteiger partial charge in [-0.15, -0.1) is 0 Å². The third kappa shape index (κ3) is 7.03. The Morgan fingerprint density at radius 2 is 1.61 bits per heavy atom. The number of hydrogen-bond acceptors (Lipinski definition) is 4. The molecule has 0 radical (unpaired) electrons. The van der Waals surface area contributed by atoms with E-state index < -0.39 is 11.5 Å². The minimum Gasteiger partial charge on any atom is -0.443 e. The first-order chi connectivity index (χ1) is 18.2. The zero-order valence-corrected chi connectivity index (χ0v) is 22.8. The molecule has 38 heavy (non-hydrogen) atoms. The Balaban J connectivity index is 1.66. The fourth-order valence-corrected chi connectivity index (χ4v) is 4.91. The number of hydrogen-bond donors (Lipinski definition) is 2. The summed E-state index contributed by atoms with van der Waals surface area (Å²) in [7, 11) is 0. The van der Waals surface area contributed by atoms with E-state index in [9.17, 15) is 14.4 Å². The molecule has 0 saturated carbocycles. The molecule has 0 unspecified atom stereocenters. The lowest BCUT2D eigenvalue weighted by molar-refractivity contribution is 0.0579. The number of aromatic nitrogens is 1. The van der Waals surface area contributed by atoms with Crippen molar-refractivity contribution in [1.29, 1.82) is 0 Å². The molecule has 2 amide bonds. The first-order valence-corrected chi connectivity index (χ1v) is 13.8. The second kappa shape index (κ2) is 12.3. The SMILES string of the molecule is CC(C)(C)OC(=O)N1CCCCCCCCCCc2ccc(NC(=O)c3c[nH]c4ccccc4c3=O)cc21. The second-order valence-electron chi connectivity index (χ2n) is 11.1. The van der Waals surface area contributed by atoms with Crippen molar-refractivity contribution in [2.45, 2.75) is 84.2 Å². The van der Waals surface area contributed by atoms with Crippen LogP contribution in [0.3, 0.4) is 0 Å². The Labute approximate surface area is 224 Å². The average Bonchev–Trinajstić information content (AvgIpc) is 2.89. The molecule has 0 aliphatic carbocycles. The minimum atomic E-state index is -0.624. The fraction of sp³-hybridized carbons (Fsp3) is 0.452. The van der Waals surface area contributed by atoms with Crippen LogP contribution in [0.4, 0.5) is 16.2 Å². The van der Waals surface area contributed by atoms with Crippen molar-refractivity contribution >= 4 is 34.3 Å². The lowest BCUT2D eigenvalue weighted by Gasteiger charge is -2.29. The summed E-state index contributed by atoms with van der Waals surface area (Å²) in [5.41, 5.74) is 2.10. The van der Waals surface area contributed by atoms with Gasteiger partial charge in [-0.2, -0.15) is 0 Å². The van der Waals surface area contributed by atoms with Gasteiger partial charge < -0.3 is 15.0 Å². The molecule has 7 heteroatoms. The minimum absolute atomic E-state index is 0.0386. The maximum absolute atomic E-state index is 13.4. The lowest BCUT2D eigenvalue weighted by Crippen LogP contribution is -2.38. The number of nitrogens with one attached hydrogen (secondary N) is 2. The number of fused-ring (bicyclic) bond motifs is 2. The van der Waals surface area contributed by atoms with Crippen LogP contribution in [0.25, 0.3) is 10.9 Å². The molecular weight excluding hydrogens is 478 g/mol. The largest absolute Gasteiger partial charge is 0.443 e. The Kier molecular flexibility index (Phi) is 8.87. The number of nitrogens with zero attached hydrogens (tertiary/aromatic N) is 1. The van der Waals surface area contributed by atoms with E-state index in [4.69, 9.17) is 4.74 Å². The van der Waals surface area contributed by atoms with Crippen molar-refractivity contribution < 1.29 is 14.3 Å². The van der Waals surface area contributed by atoms with Crippen LogP contribution in [0.2, 0.25) is 0 Å². The number of aryl methyl sites for hydroxylation is 1. The number of aromatic amines is 1. The molecule has 0 atom stereocenters. The highest BCUT2D eigenvalue weighted by Crippen LogP contribution is 2.30. The standard InChI is InChI=1S/C31H39N3O4/c1-31(2,3)38-30(37)34-19-13-9-7-5-4-6-8-10-14-22-17-18-23(20-27(22)34)33-29(36)25-21-32-26-16-12-11-15-24(26)28(25)35/h11-12,15-18,20-21H,4-10,13-14,19H2,1-3H3,(H,32,35)(H,33,36). The predicted octanol–water partition coefficient (Wildman–Crippen LogP) is 7.20. The van der Waals surface area contributed by atoms with Gasteiger partial charge in [-0.3, -0.25) is 14.5 Å². The summed E-state index contributed by atoms with van der Waals surface area (Å²) in [5.74, 6) is -0.495. The molecule has 2 N–H and O–H groups in total. The van der Waals surface area contributed by atoms with Crippen molar-refractivity contribution in [3.05, 3.63) is 70.0 Å². The maximum Gasteiger partial charge on any atom is 0.414 e. The lowest BCUT2D eigenvalue weighted by atomic mass is 10.0. The van der Waals surface area contributed by atoms with E-state index in [0.29, 0.717) is 23.1 Å².